The Morgan fingerprint density at radius 2 is 1.80 bits per heavy atom. The molecule has 4 rings (SSSR count). The van der Waals surface area contributed by atoms with Crippen molar-refractivity contribution in [3.63, 3.8) is 0 Å². The predicted octanol–water partition coefficient (Wildman–Crippen LogP) is 3.79. The van der Waals surface area contributed by atoms with E-state index < -0.39 is 5.92 Å². The summed E-state index contributed by atoms with van der Waals surface area (Å²) >= 11 is 0. The van der Waals surface area contributed by atoms with Gasteiger partial charge in [0.1, 0.15) is 12.4 Å². The third kappa shape index (κ3) is 5.97. The summed E-state index contributed by atoms with van der Waals surface area (Å²) in [6.45, 7) is 0.724. The third-order valence-corrected chi connectivity index (χ3v) is 5.69. The number of rotatable bonds is 9. The number of anilines is 1. The Bertz CT molecular complexity index is 1200. The highest BCUT2D eigenvalue weighted by Crippen LogP contribution is 2.29. The van der Waals surface area contributed by atoms with Gasteiger partial charge in [0.15, 0.2) is 11.5 Å². The molecule has 1 aliphatic heterocycles. The molecule has 0 unspecified atom stereocenters. The number of ether oxygens (including phenoxy) is 3. The van der Waals surface area contributed by atoms with E-state index >= 15 is 0 Å². The number of hydrazone groups is 1. The highest BCUT2D eigenvalue weighted by atomic mass is 16.5. The summed E-state index contributed by atoms with van der Waals surface area (Å²) in [6.07, 6.45) is 1.66. The van der Waals surface area contributed by atoms with E-state index in [9.17, 15) is 9.59 Å². The summed E-state index contributed by atoms with van der Waals surface area (Å²) in [7, 11) is 3.15. The normalized spacial score (nSPS) is 15.3. The van der Waals surface area contributed by atoms with E-state index in [4.69, 9.17) is 14.2 Å². The molecule has 2 amide bonds. The minimum Gasteiger partial charge on any atom is -0.497 e. The molecule has 1 aliphatic rings. The maximum atomic E-state index is 12.6. The zero-order valence-electron chi connectivity index (χ0n) is 19.6. The molecule has 180 valence electrons. The molecule has 1 heterocycles. The van der Waals surface area contributed by atoms with Crippen molar-refractivity contribution >= 4 is 23.7 Å². The van der Waals surface area contributed by atoms with Gasteiger partial charge >= 0.3 is 0 Å². The number of carbonyl (C=O) groups excluding carboxylic acids is 2. The van der Waals surface area contributed by atoms with Crippen molar-refractivity contribution in [3.05, 3.63) is 83.9 Å². The van der Waals surface area contributed by atoms with Crippen molar-refractivity contribution < 1.29 is 23.8 Å². The van der Waals surface area contributed by atoms with Crippen molar-refractivity contribution in [2.45, 2.75) is 13.0 Å². The molecule has 1 N–H and O–H groups in total. The van der Waals surface area contributed by atoms with Crippen LogP contribution in [0.3, 0.4) is 0 Å². The summed E-state index contributed by atoms with van der Waals surface area (Å²) in [5.41, 5.74) is 5.06. The van der Waals surface area contributed by atoms with E-state index in [2.05, 4.69) is 10.5 Å². The van der Waals surface area contributed by atoms with Crippen LogP contribution in [-0.4, -0.2) is 38.8 Å². The second-order valence-corrected chi connectivity index (χ2v) is 8.02. The van der Waals surface area contributed by atoms with Gasteiger partial charge in [-0.25, -0.2) is 5.43 Å². The van der Waals surface area contributed by atoms with E-state index in [-0.39, 0.29) is 18.2 Å². The van der Waals surface area contributed by atoms with Crippen LogP contribution in [0.1, 0.15) is 17.5 Å². The van der Waals surface area contributed by atoms with E-state index in [0.717, 1.165) is 16.8 Å². The van der Waals surface area contributed by atoms with Gasteiger partial charge in [-0.3, -0.25) is 9.59 Å². The van der Waals surface area contributed by atoms with Gasteiger partial charge in [0.2, 0.25) is 11.8 Å². The molecular weight excluding hydrogens is 446 g/mol. The van der Waals surface area contributed by atoms with Crippen LogP contribution in [0, 0.1) is 5.92 Å². The average Bonchev–Trinajstić information content (AvgIpc) is 3.30. The molecule has 8 heteroatoms. The Morgan fingerprint density at radius 3 is 2.51 bits per heavy atom. The van der Waals surface area contributed by atoms with Crippen LogP contribution < -0.4 is 24.5 Å². The van der Waals surface area contributed by atoms with Crippen LogP contribution in [0.2, 0.25) is 0 Å². The first-order valence-electron chi connectivity index (χ1n) is 11.2. The van der Waals surface area contributed by atoms with E-state index in [0.29, 0.717) is 30.4 Å². The molecule has 0 aliphatic carbocycles. The molecule has 0 spiro atoms. The Kier molecular flexibility index (Phi) is 7.62. The summed E-state index contributed by atoms with van der Waals surface area (Å²) < 4.78 is 16.5. The topological polar surface area (TPSA) is 89.5 Å². The average molecular weight is 474 g/mol. The quantitative estimate of drug-likeness (QED) is 0.377. The lowest BCUT2D eigenvalue weighted by atomic mass is 10.1. The minimum absolute atomic E-state index is 0.102. The Labute approximate surface area is 204 Å². The van der Waals surface area contributed by atoms with Crippen LogP contribution in [0.4, 0.5) is 5.69 Å². The molecule has 3 aromatic carbocycles. The molecule has 0 aromatic heterocycles. The number of methoxy groups -OCH3 is 2. The lowest BCUT2D eigenvalue weighted by Gasteiger charge is -2.16. The van der Waals surface area contributed by atoms with Crippen molar-refractivity contribution in [2.24, 2.45) is 11.0 Å². The SMILES string of the molecule is COc1ccc(N2C[C@@H](C(=O)N/N=C/c3ccc(OCc4ccccc4)c(OC)c3)CC2=O)cc1. The van der Waals surface area contributed by atoms with Crippen molar-refractivity contribution in [2.75, 3.05) is 25.7 Å². The lowest BCUT2D eigenvalue weighted by molar-refractivity contribution is -0.126. The summed E-state index contributed by atoms with van der Waals surface area (Å²) in [4.78, 5) is 26.6. The molecule has 0 radical (unpaired) electrons. The smallest absolute Gasteiger partial charge is 0.245 e. The molecule has 0 saturated carbocycles. The molecule has 35 heavy (non-hydrogen) atoms. The fourth-order valence-corrected chi connectivity index (χ4v) is 3.78. The lowest BCUT2D eigenvalue weighted by Crippen LogP contribution is -2.30. The first-order chi connectivity index (χ1) is 17.1. The largest absolute Gasteiger partial charge is 0.497 e. The Hall–Kier alpha value is -4.33. The molecular formula is C27H27N3O5. The maximum Gasteiger partial charge on any atom is 0.245 e. The van der Waals surface area contributed by atoms with Crippen LogP contribution in [0.15, 0.2) is 77.9 Å². The molecule has 3 aromatic rings. The van der Waals surface area contributed by atoms with Crippen LogP contribution in [0.25, 0.3) is 0 Å². The number of hydrogen-bond acceptors (Lipinski definition) is 6. The van der Waals surface area contributed by atoms with Gasteiger partial charge in [-0.2, -0.15) is 5.10 Å². The summed E-state index contributed by atoms with van der Waals surface area (Å²) in [6, 6.07) is 22.4. The molecule has 8 nitrogen and oxygen atoms in total. The molecule has 0 bridgehead atoms. The van der Waals surface area contributed by atoms with Gasteiger partial charge in [0.05, 0.1) is 26.4 Å². The second kappa shape index (κ2) is 11.2. The van der Waals surface area contributed by atoms with Gasteiger partial charge in [-0.15, -0.1) is 0 Å². The van der Waals surface area contributed by atoms with Crippen LogP contribution in [-0.2, 0) is 16.2 Å². The van der Waals surface area contributed by atoms with Gasteiger partial charge in [-0.1, -0.05) is 30.3 Å². The van der Waals surface area contributed by atoms with Gasteiger partial charge in [0.25, 0.3) is 0 Å². The first kappa shape index (κ1) is 23.8. The van der Waals surface area contributed by atoms with E-state index in [1.54, 1.807) is 55.5 Å². The third-order valence-electron chi connectivity index (χ3n) is 5.69. The minimum atomic E-state index is -0.481. The summed E-state index contributed by atoms with van der Waals surface area (Å²) in [5, 5.41) is 4.06. The van der Waals surface area contributed by atoms with Gasteiger partial charge in [-0.05, 0) is 53.6 Å². The number of benzene rings is 3. The van der Waals surface area contributed by atoms with Crippen LogP contribution in [0.5, 0.6) is 17.2 Å². The summed E-state index contributed by atoms with van der Waals surface area (Å²) in [5.74, 6) is 0.991. The van der Waals surface area contributed by atoms with E-state index in [1.807, 2.05) is 36.4 Å². The Balaban J connectivity index is 1.32. The van der Waals surface area contributed by atoms with Crippen molar-refractivity contribution in [3.8, 4) is 17.2 Å². The predicted molar refractivity (Wildman–Crippen MR) is 133 cm³/mol. The molecule has 1 atom stereocenters. The molecule has 1 fully saturated rings. The number of nitrogens with zero attached hydrogens (tertiary/aromatic N) is 2. The zero-order valence-corrected chi connectivity index (χ0v) is 19.6. The number of amides is 2. The molecule has 1 saturated heterocycles. The highest BCUT2D eigenvalue weighted by molar-refractivity contribution is 6.00. The number of carbonyl (C=O) groups is 2. The van der Waals surface area contributed by atoms with Crippen molar-refractivity contribution in [1.82, 2.24) is 5.43 Å². The van der Waals surface area contributed by atoms with Crippen LogP contribution >= 0.6 is 0 Å². The van der Waals surface area contributed by atoms with E-state index in [1.165, 1.54) is 6.21 Å². The highest BCUT2D eigenvalue weighted by Gasteiger charge is 2.35. The second-order valence-electron chi connectivity index (χ2n) is 8.02. The number of nitrogens with one attached hydrogen (secondary N) is 1. The van der Waals surface area contributed by atoms with Crippen molar-refractivity contribution in [1.29, 1.82) is 0 Å². The zero-order chi connectivity index (χ0) is 24.6. The van der Waals surface area contributed by atoms with Gasteiger partial charge in [0, 0.05) is 18.7 Å². The fraction of sp³-hybridized carbons (Fsp3) is 0.222. The van der Waals surface area contributed by atoms with Gasteiger partial charge < -0.3 is 19.1 Å². The standard InChI is InChI=1S/C27H27N3O5/c1-33-23-11-9-22(10-12-23)30-17-21(15-26(30)31)27(32)29-28-16-20-8-13-24(25(14-20)34-2)35-18-19-6-4-3-5-7-19/h3-14,16,21H,15,17-18H2,1-2H3,(H,29,32)/b28-16+/t21-/m0/s1. The number of hydrogen-bond donors (Lipinski definition) is 1. The Morgan fingerprint density at radius 1 is 1.03 bits per heavy atom. The fourth-order valence-electron chi connectivity index (χ4n) is 3.78. The monoisotopic (exact) mass is 473 g/mol. The maximum absolute atomic E-state index is 12.6. The first-order valence-corrected chi connectivity index (χ1v) is 11.2.